The van der Waals surface area contributed by atoms with Gasteiger partial charge in [-0.1, -0.05) is 62.0 Å². The summed E-state index contributed by atoms with van der Waals surface area (Å²) < 4.78 is 5.81. The zero-order valence-electron chi connectivity index (χ0n) is 20.4. The highest BCUT2D eigenvalue weighted by molar-refractivity contribution is 7.99. The fraction of sp³-hybridized carbons (Fsp3) is 0.259. The summed E-state index contributed by atoms with van der Waals surface area (Å²) >= 11 is 1.19. The molecule has 2 aromatic heterocycles. The van der Waals surface area contributed by atoms with E-state index in [9.17, 15) is 9.59 Å². The van der Waals surface area contributed by atoms with Gasteiger partial charge in [0.05, 0.1) is 11.1 Å². The fourth-order valence-corrected chi connectivity index (χ4v) is 4.44. The molecule has 0 aliphatic rings. The van der Waals surface area contributed by atoms with E-state index in [-0.39, 0.29) is 23.5 Å². The molecule has 2 aromatic carbocycles. The number of nitrogens with zero attached hydrogens (tertiary/aromatic N) is 2. The molecule has 0 atom stereocenters. The van der Waals surface area contributed by atoms with Gasteiger partial charge in [-0.05, 0) is 49.9 Å². The van der Waals surface area contributed by atoms with Crippen LogP contribution >= 0.6 is 11.8 Å². The fourth-order valence-electron chi connectivity index (χ4n) is 3.80. The minimum Gasteiger partial charge on any atom is -0.443 e. The average Bonchev–Trinajstić information content (AvgIpc) is 3.12. The Morgan fingerprint density at radius 1 is 0.971 bits per heavy atom. The number of hydrogen-bond acceptors (Lipinski definition) is 6. The molecule has 180 valence electrons. The lowest BCUT2D eigenvalue weighted by Gasteiger charge is -2.16. The van der Waals surface area contributed by atoms with Crippen molar-refractivity contribution in [2.75, 3.05) is 16.4 Å². The van der Waals surface area contributed by atoms with Crippen LogP contribution in [0.3, 0.4) is 0 Å². The van der Waals surface area contributed by atoms with E-state index in [2.05, 4.69) is 34.4 Å². The third-order valence-corrected chi connectivity index (χ3v) is 6.65. The third kappa shape index (κ3) is 5.38. The standard InChI is InChI=1S/C27H28N4O3S/c1-15(2)20-13-9-10-16(3)23(20)28-21(32)14-35-27-30-24(22-17(4)18(5)34-26(22)31-27)29-25(33)19-11-7-6-8-12-19/h6-13,15H,14H2,1-5H3,(H,28,32)(H,29,30,31,33). The topological polar surface area (TPSA) is 97.1 Å². The highest BCUT2D eigenvalue weighted by Gasteiger charge is 2.20. The molecule has 0 saturated carbocycles. The number of rotatable bonds is 7. The van der Waals surface area contributed by atoms with Crippen LogP contribution in [0.5, 0.6) is 0 Å². The van der Waals surface area contributed by atoms with Crippen LogP contribution < -0.4 is 10.6 Å². The highest BCUT2D eigenvalue weighted by atomic mass is 32.2. The predicted octanol–water partition coefficient (Wildman–Crippen LogP) is 6.25. The zero-order chi connectivity index (χ0) is 25.1. The van der Waals surface area contributed by atoms with Crippen molar-refractivity contribution in [3.05, 3.63) is 76.5 Å². The quantitative estimate of drug-likeness (QED) is 0.236. The number of furan rings is 1. The van der Waals surface area contributed by atoms with Crippen LogP contribution in [-0.4, -0.2) is 27.5 Å². The first kappa shape index (κ1) is 24.5. The Balaban J connectivity index is 1.56. The lowest BCUT2D eigenvalue weighted by Crippen LogP contribution is -2.17. The second-order valence-corrected chi connectivity index (χ2v) is 9.61. The lowest BCUT2D eigenvalue weighted by molar-refractivity contribution is -0.113. The maximum Gasteiger partial charge on any atom is 0.256 e. The van der Waals surface area contributed by atoms with E-state index >= 15 is 0 Å². The number of nitrogens with one attached hydrogen (secondary N) is 2. The Labute approximate surface area is 208 Å². The number of fused-ring (bicyclic) bond motifs is 1. The summed E-state index contributed by atoms with van der Waals surface area (Å²) in [6, 6.07) is 14.9. The van der Waals surface area contributed by atoms with Gasteiger partial charge < -0.3 is 15.1 Å². The lowest BCUT2D eigenvalue weighted by atomic mass is 9.98. The molecule has 2 amide bonds. The van der Waals surface area contributed by atoms with E-state index < -0.39 is 0 Å². The number of thioether (sulfide) groups is 1. The molecule has 2 N–H and O–H groups in total. The van der Waals surface area contributed by atoms with E-state index in [1.165, 1.54) is 11.8 Å². The summed E-state index contributed by atoms with van der Waals surface area (Å²) in [4.78, 5) is 34.7. The Hall–Kier alpha value is -3.65. The first-order valence-corrected chi connectivity index (χ1v) is 12.4. The smallest absolute Gasteiger partial charge is 0.256 e. The van der Waals surface area contributed by atoms with Crippen molar-refractivity contribution < 1.29 is 14.0 Å². The number of benzene rings is 2. The Morgan fingerprint density at radius 2 is 1.71 bits per heavy atom. The largest absolute Gasteiger partial charge is 0.443 e. The van der Waals surface area contributed by atoms with Gasteiger partial charge in [0, 0.05) is 16.8 Å². The molecule has 35 heavy (non-hydrogen) atoms. The monoisotopic (exact) mass is 488 g/mol. The number of anilines is 2. The maximum absolute atomic E-state index is 12.8. The van der Waals surface area contributed by atoms with Crippen LogP contribution in [0, 0.1) is 20.8 Å². The van der Waals surface area contributed by atoms with E-state index in [0.717, 1.165) is 22.4 Å². The number of aromatic nitrogens is 2. The van der Waals surface area contributed by atoms with Gasteiger partial charge in [-0.3, -0.25) is 9.59 Å². The molecular weight excluding hydrogens is 460 g/mol. The first-order chi connectivity index (χ1) is 16.7. The SMILES string of the molecule is Cc1cccc(C(C)C)c1NC(=O)CSc1nc(NC(=O)c2ccccc2)c2c(C)c(C)oc2n1. The molecule has 0 aliphatic carbocycles. The second kappa shape index (κ2) is 10.3. The van der Waals surface area contributed by atoms with Crippen LogP contribution in [0.4, 0.5) is 11.5 Å². The molecular formula is C27H28N4O3S. The van der Waals surface area contributed by atoms with Crippen LogP contribution in [0.2, 0.25) is 0 Å². The van der Waals surface area contributed by atoms with Crippen molar-refractivity contribution in [2.24, 2.45) is 0 Å². The Bertz CT molecular complexity index is 1400. The minimum absolute atomic E-state index is 0.113. The zero-order valence-corrected chi connectivity index (χ0v) is 21.2. The van der Waals surface area contributed by atoms with Crippen LogP contribution in [0.15, 0.2) is 58.1 Å². The number of carbonyl (C=O) groups is 2. The molecule has 0 aliphatic heterocycles. The predicted molar refractivity (Wildman–Crippen MR) is 140 cm³/mol. The second-order valence-electron chi connectivity index (χ2n) is 8.67. The average molecular weight is 489 g/mol. The van der Waals surface area contributed by atoms with Gasteiger partial charge in [0.25, 0.3) is 5.91 Å². The van der Waals surface area contributed by atoms with Crippen molar-refractivity contribution >= 4 is 46.2 Å². The molecule has 0 spiro atoms. The van der Waals surface area contributed by atoms with Crippen molar-refractivity contribution in [1.29, 1.82) is 0 Å². The molecule has 0 fully saturated rings. The molecule has 0 radical (unpaired) electrons. The Kier molecular flexibility index (Phi) is 7.21. The van der Waals surface area contributed by atoms with Crippen LogP contribution in [0.1, 0.15) is 52.6 Å². The Morgan fingerprint density at radius 3 is 2.43 bits per heavy atom. The van der Waals surface area contributed by atoms with Crippen molar-refractivity contribution in [2.45, 2.75) is 45.7 Å². The van der Waals surface area contributed by atoms with E-state index in [1.54, 1.807) is 24.3 Å². The van der Waals surface area contributed by atoms with Crippen molar-refractivity contribution in [1.82, 2.24) is 9.97 Å². The summed E-state index contributed by atoms with van der Waals surface area (Å²) in [6.07, 6.45) is 0. The van der Waals surface area contributed by atoms with Crippen molar-refractivity contribution in [3.63, 3.8) is 0 Å². The molecule has 7 nitrogen and oxygen atoms in total. The number of carbonyl (C=O) groups excluding carboxylic acids is 2. The van der Waals surface area contributed by atoms with Gasteiger partial charge in [-0.25, -0.2) is 4.98 Å². The van der Waals surface area contributed by atoms with Gasteiger partial charge >= 0.3 is 0 Å². The van der Waals surface area contributed by atoms with E-state index in [1.807, 2.05) is 45.0 Å². The molecule has 4 aromatic rings. The minimum atomic E-state index is -0.279. The molecule has 0 unspecified atom stereocenters. The summed E-state index contributed by atoms with van der Waals surface area (Å²) in [7, 11) is 0. The van der Waals surface area contributed by atoms with Crippen LogP contribution in [0.25, 0.3) is 11.1 Å². The molecule has 4 rings (SSSR count). The van der Waals surface area contributed by atoms with Gasteiger partial charge in [-0.2, -0.15) is 4.98 Å². The van der Waals surface area contributed by atoms with Gasteiger partial charge in [0.2, 0.25) is 11.6 Å². The molecule has 2 heterocycles. The summed E-state index contributed by atoms with van der Waals surface area (Å²) in [5.74, 6) is 1.02. The number of aryl methyl sites for hydroxylation is 3. The summed E-state index contributed by atoms with van der Waals surface area (Å²) in [6.45, 7) is 9.92. The maximum atomic E-state index is 12.8. The molecule has 0 bridgehead atoms. The first-order valence-electron chi connectivity index (χ1n) is 11.4. The molecule has 8 heteroatoms. The number of amides is 2. The van der Waals surface area contributed by atoms with Crippen molar-refractivity contribution in [3.8, 4) is 0 Å². The normalized spacial score (nSPS) is 11.1. The third-order valence-electron chi connectivity index (χ3n) is 5.80. The number of para-hydroxylation sites is 1. The highest BCUT2D eigenvalue weighted by Crippen LogP contribution is 2.32. The van der Waals surface area contributed by atoms with Gasteiger partial charge in [0.15, 0.2) is 5.16 Å². The number of hydrogen-bond donors (Lipinski definition) is 2. The van der Waals surface area contributed by atoms with E-state index in [4.69, 9.17) is 4.42 Å². The van der Waals surface area contributed by atoms with Gasteiger partial charge in [0.1, 0.15) is 11.6 Å². The summed E-state index contributed by atoms with van der Waals surface area (Å²) in [5.41, 5.74) is 4.70. The van der Waals surface area contributed by atoms with Gasteiger partial charge in [-0.15, -0.1) is 0 Å². The summed E-state index contributed by atoms with van der Waals surface area (Å²) in [5, 5.41) is 6.93. The van der Waals surface area contributed by atoms with E-state index in [0.29, 0.717) is 33.4 Å². The molecule has 0 saturated heterocycles. The van der Waals surface area contributed by atoms with Crippen LogP contribution in [-0.2, 0) is 4.79 Å².